The summed E-state index contributed by atoms with van der Waals surface area (Å²) < 4.78 is 6.97. The molecule has 1 heterocycles. The van der Waals surface area contributed by atoms with Crippen LogP contribution in [0.1, 0.15) is 33.6 Å². The Hall–Kier alpha value is -3.38. The van der Waals surface area contributed by atoms with Crippen molar-refractivity contribution >= 4 is 35.2 Å². The molecule has 2 aromatic carbocycles. The molecule has 7 heteroatoms. The standard InChI is InChI=1S/C25H26ClN3O3/c1-16-8-10-20(11-9-16)14-29-19(4)21(18(3)28-29)12-13-25(31)32-15-24(30)27-23-7-5-6-22(26)17(23)2/h5-13H,14-15H2,1-4H3,(H,27,30)/b13-12+. The number of amides is 1. The van der Waals surface area contributed by atoms with E-state index < -0.39 is 11.9 Å². The molecule has 0 saturated heterocycles. The number of ether oxygens (including phenoxy) is 1. The molecule has 3 rings (SSSR count). The molecular weight excluding hydrogens is 426 g/mol. The number of esters is 1. The Labute approximate surface area is 192 Å². The first kappa shape index (κ1) is 23.3. The van der Waals surface area contributed by atoms with Crippen molar-refractivity contribution in [1.82, 2.24) is 9.78 Å². The molecular formula is C25H26ClN3O3. The van der Waals surface area contributed by atoms with Gasteiger partial charge in [-0.2, -0.15) is 5.10 Å². The highest BCUT2D eigenvalue weighted by atomic mass is 35.5. The number of halogens is 1. The summed E-state index contributed by atoms with van der Waals surface area (Å²) in [6.07, 6.45) is 2.98. The van der Waals surface area contributed by atoms with E-state index in [0.717, 1.165) is 28.1 Å². The van der Waals surface area contributed by atoms with Gasteiger partial charge >= 0.3 is 5.97 Å². The van der Waals surface area contributed by atoms with Crippen LogP contribution in [0.3, 0.4) is 0 Å². The van der Waals surface area contributed by atoms with E-state index in [1.165, 1.54) is 11.6 Å². The first-order valence-corrected chi connectivity index (χ1v) is 10.6. The van der Waals surface area contributed by atoms with E-state index in [-0.39, 0.29) is 6.61 Å². The quantitative estimate of drug-likeness (QED) is 0.404. The molecule has 166 valence electrons. The zero-order valence-electron chi connectivity index (χ0n) is 18.6. The minimum atomic E-state index is -0.604. The van der Waals surface area contributed by atoms with Crippen molar-refractivity contribution in [2.24, 2.45) is 0 Å². The van der Waals surface area contributed by atoms with Crippen molar-refractivity contribution in [2.45, 2.75) is 34.2 Å². The third-order valence-electron chi connectivity index (χ3n) is 5.16. The molecule has 0 fully saturated rings. The molecule has 6 nitrogen and oxygen atoms in total. The zero-order chi connectivity index (χ0) is 23.3. The monoisotopic (exact) mass is 451 g/mol. The molecule has 0 atom stereocenters. The van der Waals surface area contributed by atoms with Gasteiger partial charge in [0.2, 0.25) is 0 Å². The summed E-state index contributed by atoms with van der Waals surface area (Å²) in [7, 11) is 0. The molecule has 0 aliphatic rings. The number of carbonyl (C=O) groups is 2. The van der Waals surface area contributed by atoms with Crippen LogP contribution >= 0.6 is 11.6 Å². The number of nitrogens with one attached hydrogen (secondary N) is 1. The molecule has 3 aromatic rings. The lowest BCUT2D eigenvalue weighted by Gasteiger charge is -2.09. The van der Waals surface area contributed by atoms with Gasteiger partial charge in [-0.05, 0) is 57.0 Å². The number of aromatic nitrogens is 2. The lowest BCUT2D eigenvalue weighted by Crippen LogP contribution is -2.20. The van der Waals surface area contributed by atoms with Crippen molar-refractivity contribution in [1.29, 1.82) is 0 Å². The van der Waals surface area contributed by atoms with E-state index in [2.05, 4.69) is 41.6 Å². The van der Waals surface area contributed by atoms with Crippen LogP contribution < -0.4 is 5.32 Å². The van der Waals surface area contributed by atoms with Gasteiger partial charge in [0.25, 0.3) is 5.91 Å². The fraction of sp³-hybridized carbons (Fsp3) is 0.240. The van der Waals surface area contributed by atoms with Crippen LogP contribution in [-0.2, 0) is 20.9 Å². The molecule has 0 aliphatic heterocycles. The minimum Gasteiger partial charge on any atom is -0.452 e. The highest BCUT2D eigenvalue weighted by Gasteiger charge is 2.12. The molecule has 0 unspecified atom stereocenters. The van der Waals surface area contributed by atoms with Gasteiger partial charge in [-0.1, -0.05) is 47.5 Å². The summed E-state index contributed by atoms with van der Waals surface area (Å²) in [6.45, 7) is 7.96. The summed E-state index contributed by atoms with van der Waals surface area (Å²) >= 11 is 6.05. The number of hydrogen-bond acceptors (Lipinski definition) is 4. The van der Waals surface area contributed by atoms with Crippen LogP contribution in [0.25, 0.3) is 6.08 Å². The van der Waals surface area contributed by atoms with E-state index in [9.17, 15) is 9.59 Å². The third-order valence-corrected chi connectivity index (χ3v) is 5.57. The summed E-state index contributed by atoms with van der Waals surface area (Å²) in [4.78, 5) is 24.2. The normalized spacial score (nSPS) is 11.0. The van der Waals surface area contributed by atoms with E-state index >= 15 is 0 Å². The second kappa shape index (κ2) is 10.3. The van der Waals surface area contributed by atoms with Gasteiger partial charge in [0.15, 0.2) is 6.61 Å². The Balaban J connectivity index is 1.58. The second-order valence-electron chi connectivity index (χ2n) is 7.63. The Morgan fingerprint density at radius 3 is 2.53 bits per heavy atom. The minimum absolute atomic E-state index is 0.389. The van der Waals surface area contributed by atoms with Gasteiger partial charge < -0.3 is 10.1 Å². The molecule has 1 amide bonds. The van der Waals surface area contributed by atoms with Crippen LogP contribution in [0.15, 0.2) is 48.5 Å². The fourth-order valence-electron chi connectivity index (χ4n) is 3.24. The summed E-state index contributed by atoms with van der Waals surface area (Å²) in [5.74, 6) is -1.04. The SMILES string of the molecule is Cc1ccc(Cn2nc(C)c(/C=C/C(=O)OCC(=O)Nc3cccc(Cl)c3C)c2C)cc1. The predicted octanol–water partition coefficient (Wildman–Crippen LogP) is 5.01. The van der Waals surface area contributed by atoms with Crippen molar-refractivity contribution in [3.63, 3.8) is 0 Å². The molecule has 0 aliphatic carbocycles. The van der Waals surface area contributed by atoms with E-state index in [1.807, 2.05) is 18.5 Å². The van der Waals surface area contributed by atoms with E-state index in [4.69, 9.17) is 16.3 Å². The molecule has 32 heavy (non-hydrogen) atoms. The lowest BCUT2D eigenvalue weighted by atomic mass is 10.1. The topological polar surface area (TPSA) is 73.2 Å². The molecule has 0 saturated carbocycles. The maximum Gasteiger partial charge on any atom is 0.331 e. The van der Waals surface area contributed by atoms with Crippen LogP contribution in [-0.4, -0.2) is 28.3 Å². The molecule has 1 aromatic heterocycles. The predicted molar refractivity (Wildman–Crippen MR) is 127 cm³/mol. The maximum atomic E-state index is 12.1. The fourth-order valence-corrected chi connectivity index (χ4v) is 3.41. The highest BCUT2D eigenvalue weighted by molar-refractivity contribution is 6.31. The number of benzene rings is 2. The van der Waals surface area contributed by atoms with Crippen LogP contribution in [0, 0.1) is 27.7 Å². The summed E-state index contributed by atoms with van der Waals surface area (Å²) in [5.41, 5.74) is 6.31. The average Bonchev–Trinajstić information content (AvgIpc) is 3.02. The lowest BCUT2D eigenvalue weighted by molar-refractivity contribution is -0.142. The van der Waals surface area contributed by atoms with Crippen molar-refractivity contribution < 1.29 is 14.3 Å². The number of nitrogens with zero attached hydrogens (tertiary/aromatic N) is 2. The Morgan fingerprint density at radius 1 is 1.09 bits per heavy atom. The Kier molecular flexibility index (Phi) is 7.49. The number of aryl methyl sites for hydroxylation is 2. The van der Waals surface area contributed by atoms with Gasteiger partial charge in [0, 0.05) is 28.0 Å². The average molecular weight is 452 g/mol. The Bertz CT molecular complexity index is 1160. The molecule has 0 radical (unpaired) electrons. The van der Waals surface area contributed by atoms with Crippen molar-refractivity contribution in [2.75, 3.05) is 11.9 Å². The van der Waals surface area contributed by atoms with Crippen LogP contribution in [0.4, 0.5) is 5.69 Å². The van der Waals surface area contributed by atoms with Crippen molar-refractivity contribution in [3.05, 3.63) is 87.2 Å². The van der Waals surface area contributed by atoms with Gasteiger partial charge in [-0.25, -0.2) is 4.79 Å². The summed E-state index contributed by atoms with van der Waals surface area (Å²) in [5, 5.41) is 7.82. The van der Waals surface area contributed by atoms with Gasteiger partial charge in [-0.15, -0.1) is 0 Å². The Morgan fingerprint density at radius 2 is 1.81 bits per heavy atom. The van der Waals surface area contributed by atoms with Gasteiger partial charge in [0.1, 0.15) is 0 Å². The van der Waals surface area contributed by atoms with Crippen molar-refractivity contribution in [3.8, 4) is 0 Å². The first-order valence-electron chi connectivity index (χ1n) is 10.2. The largest absolute Gasteiger partial charge is 0.452 e. The first-order chi connectivity index (χ1) is 15.2. The van der Waals surface area contributed by atoms with Gasteiger partial charge in [0.05, 0.1) is 12.2 Å². The maximum absolute atomic E-state index is 12.1. The molecule has 1 N–H and O–H groups in total. The number of rotatable bonds is 7. The molecule has 0 bridgehead atoms. The number of hydrogen-bond donors (Lipinski definition) is 1. The zero-order valence-corrected chi connectivity index (χ0v) is 19.4. The smallest absolute Gasteiger partial charge is 0.331 e. The number of anilines is 1. The van der Waals surface area contributed by atoms with E-state index in [0.29, 0.717) is 17.3 Å². The van der Waals surface area contributed by atoms with E-state index in [1.54, 1.807) is 31.2 Å². The van der Waals surface area contributed by atoms with Gasteiger partial charge in [-0.3, -0.25) is 9.48 Å². The summed E-state index contributed by atoms with van der Waals surface area (Å²) in [6, 6.07) is 13.5. The van der Waals surface area contributed by atoms with Crippen LogP contribution in [0.2, 0.25) is 5.02 Å². The molecule has 0 spiro atoms. The number of carbonyl (C=O) groups excluding carboxylic acids is 2. The third kappa shape index (κ3) is 5.86. The second-order valence-corrected chi connectivity index (χ2v) is 8.04. The highest BCUT2D eigenvalue weighted by Crippen LogP contribution is 2.22. The van der Waals surface area contributed by atoms with Crippen LogP contribution in [0.5, 0.6) is 0 Å².